The van der Waals surface area contributed by atoms with Crippen molar-refractivity contribution in [1.82, 2.24) is 19.9 Å². The number of rotatable bonds is 3. The molecule has 0 unspecified atom stereocenters. The smallest absolute Gasteiger partial charge is 0.251 e. The van der Waals surface area contributed by atoms with Crippen molar-refractivity contribution in [1.29, 1.82) is 0 Å². The van der Waals surface area contributed by atoms with Gasteiger partial charge in [-0.3, -0.25) is 9.78 Å². The van der Waals surface area contributed by atoms with Crippen molar-refractivity contribution in [2.45, 2.75) is 10.9 Å². The van der Waals surface area contributed by atoms with Crippen molar-refractivity contribution >= 4 is 24.0 Å². The Hall–Kier alpha value is -1.47. The van der Waals surface area contributed by atoms with Gasteiger partial charge < -0.3 is 4.98 Å². The first-order chi connectivity index (χ1) is 7.74. The summed E-state index contributed by atoms with van der Waals surface area (Å²) in [6.07, 6.45) is 3.35. The van der Waals surface area contributed by atoms with Gasteiger partial charge in [0.05, 0.1) is 0 Å². The fourth-order valence-electron chi connectivity index (χ4n) is 1.10. The van der Waals surface area contributed by atoms with Gasteiger partial charge in [-0.15, -0.1) is 0 Å². The second kappa shape index (κ2) is 5.04. The number of hydrogen-bond acceptors (Lipinski definition) is 5. The number of nitrogens with zero attached hydrogens (tertiary/aromatic N) is 2. The molecular formula is C9H8N4OS2. The number of nitrogens with one attached hydrogen (secondary N) is 2. The maximum Gasteiger partial charge on any atom is 0.251 e. The lowest BCUT2D eigenvalue weighted by Gasteiger charge is -1.99. The van der Waals surface area contributed by atoms with Crippen LogP contribution in [0.25, 0.3) is 0 Å². The highest BCUT2D eigenvalue weighted by atomic mass is 32.2. The largest absolute Gasteiger partial charge is 0.335 e. The number of thioether (sulfide) groups is 1. The molecule has 5 nitrogen and oxygen atoms in total. The summed E-state index contributed by atoms with van der Waals surface area (Å²) in [6, 6.07) is 3.23. The average Bonchev–Trinajstić information content (AvgIpc) is 2.27. The molecule has 0 aliphatic heterocycles. The molecule has 0 saturated carbocycles. The van der Waals surface area contributed by atoms with E-state index in [0.717, 1.165) is 5.69 Å². The maximum atomic E-state index is 11.1. The topological polar surface area (TPSA) is 74.4 Å². The maximum absolute atomic E-state index is 11.1. The molecule has 0 aliphatic rings. The fourth-order valence-corrected chi connectivity index (χ4v) is 2.04. The number of hydrogen-bond donors (Lipinski definition) is 2. The second-order valence-electron chi connectivity index (χ2n) is 2.93. The van der Waals surface area contributed by atoms with E-state index in [2.05, 4.69) is 19.9 Å². The Morgan fingerprint density at radius 2 is 2.06 bits per heavy atom. The van der Waals surface area contributed by atoms with Crippen molar-refractivity contribution in [2.75, 3.05) is 0 Å². The van der Waals surface area contributed by atoms with Crippen LogP contribution in [0, 0.1) is 4.77 Å². The first-order valence-electron chi connectivity index (χ1n) is 4.46. The molecule has 2 aromatic rings. The quantitative estimate of drug-likeness (QED) is 0.492. The number of aromatic nitrogens is 4. The molecule has 0 fully saturated rings. The summed E-state index contributed by atoms with van der Waals surface area (Å²) in [5.41, 5.74) is 0.555. The number of H-pyrrole nitrogens is 2. The van der Waals surface area contributed by atoms with Crippen molar-refractivity contribution in [3.8, 4) is 0 Å². The van der Waals surface area contributed by atoms with Gasteiger partial charge in [0.25, 0.3) is 5.56 Å². The minimum atomic E-state index is -0.201. The SMILES string of the molecule is O=c1cc(CSc2ncccn2)[nH]c(=S)[nH]1. The highest BCUT2D eigenvalue weighted by Crippen LogP contribution is 2.15. The third-order valence-electron chi connectivity index (χ3n) is 1.71. The molecule has 0 aromatic carbocycles. The molecule has 7 heteroatoms. The molecule has 0 atom stereocenters. The van der Waals surface area contributed by atoms with Gasteiger partial charge >= 0.3 is 0 Å². The molecule has 0 aliphatic carbocycles. The van der Waals surface area contributed by atoms with E-state index in [9.17, 15) is 4.79 Å². The van der Waals surface area contributed by atoms with E-state index in [1.54, 1.807) is 18.5 Å². The van der Waals surface area contributed by atoms with E-state index < -0.39 is 0 Å². The molecule has 0 radical (unpaired) electrons. The molecule has 2 aromatic heterocycles. The molecule has 2 rings (SSSR count). The Morgan fingerprint density at radius 1 is 1.31 bits per heavy atom. The summed E-state index contributed by atoms with van der Waals surface area (Å²) in [5.74, 6) is 0.581. The molecule has 0 spiro atoms. The second-order valence-corrected chi connectivity index (χ2v) is 4.28. The van der Waals surface area contributed by atoms with Gasteiger partial charge in [0.2, 0.25) is 0 Å². The highest BCUT2D eigenvalue weighted by Gasteiger charge is 1.99. The lowest BCUT2D eigenvalue weighted by molar-refractivity contribution is 0.961. The zero-order valence-corrected chi connectivity index (χ0v) is 9.77. The van der Waals surface area contributed by atoms with Gasteiger partial charge in [0.15, 0.2) is 9.93 Å². The lowest BCUT2D eigenvalue weighted by Crippen LogP contribution is -2.07. The van der Waals surface area contributed by atoms with Gasteiger partial charge in [-0.25, -0.2) is 9.97 Å². The van der Waals surface area contributed by atoms with Crippen LogP contribution in [0.2, 0.25) is 0 Å². The minimum absolute atomic E-state index is 0.201. The molecule has 0 amide bonds. The summed E-state index contributed by atoms with van der Waals surface area (Å²) in [7, 11) is 0. The fraction of sp³-hybridized carbons (Fsp3) is 0.111. The van der Waals surface area contributed by atoms with E-state index in [1.807, 2.05) is 0 Å². The van der Waals surface area contributed by atoms with Crippen LogP contribution in [-0.2, 0) is 5.75 Å². The predicted octanol–water partition coefficient (Wildman–Crippen LogP) is 1.51. The third-order valence-corrected chi connectivity index (χ3v) is 2.84. The van der Waals surface area contributed by atoms with Crippen LogP contribution in [-0.4, -0.2) is 19.9 Å². The first kappa shape index (κ1) is 11.0. The number of aromatic amines is 2. The molecule has 2 heterocycles. The van der Waals surface area contributed by atoms with Crippen molar-refractivity contribution < 1.29 is 0 Å². The highest BCUT2D eigenvalue weighted by molar-refractivity contribution is 7.98. The van der Waals surface area contributed by atoms with Gasteiger partial charge in [0.1, 0.15) is 0 Å². The van der Waals surface area contributed by atoms with Crippen molar-refractivity contribution in [3.05, 3.63) is 45.3 Å². The van der Waals surface area contributed by atoms with E-state index >= 15 is 0 Å². The van der Waals surface area contributed by atoms with Crippen LogP contribution in [0.5, 0.6) is 0 Å². The molecular weight excluding hydrogens is 244 g/mol. The monoisotopic (exact) mass is 252 g/mol. The predicted molar refractivity (Wildman–Crippen MR) is 63.8 cm³/mol. The standard InChI is InChI=1S/C9H8N4OS2/c14-7-4-6(12-8(15)13-7)5-16-9-10-2-1-3-11-9/h1-4H,5H2,(H2,12,13,14,15). The molecule has 16 heavy (non-hydrogen) atoms. The van der Waals surface area contributed by atoms with Crippen LogP contribution in [0.4, 0.5) is 0 Å². The van der Waals surface area contributed by atoms with Crippen molar-refractivity contribution in [2.24, 2.45) is 0 Å². The van der Waals surface area contributed by atoms with Gasteiger partial charge in [0, 0.05) is 29.9 Å². The summed E-state index contributed by atoms with van der Waals surface area (Å²) in [6.45, 7) is 0. The lowest BCUT2D eigenvalue weighted by atomic mass is 10.5. The Labute approximate surface area is 100 Å². The zero-order valence-electron chi connectivity index (χ0n) is 8.14. The normalized spacial score (nSPS) is 10.2. The summed E-state index contributed by atoms with van der Waals surface area (Å²) < 4.78 is 0.331. The van der Waals surface area contributed by atoms with Crippen LogP contribution < -0.4 is 5.56 Å². The Kier molecular flexibility index (Phi) is 3.47. The van der Waals surface area contributed by atoms with Crippen molar-refractivity contribution in [3.63, 3.8) is 0 Å². The van der Waals surface area contributed by atoms with E-state index in [1.165, 1.54) is 17.8 Å². The summed E-state index contributed by atoms with van der Waals surface area (Å²) >= 11 is 6.30. The Bertz CT molecular complexity index is 550. The zero-order chi connectivity index (χ0) is 11.4. The van der Waals surface area contributed by atoms with E-state index in [4.69, 9.17) is 12.2 Å². The Balaban J connectivity index is 2.11. The minimum Gasteiger partial charge on any atom is -0.335 e. The van der Waals surface area contributed by atoms with E-state index in [0.29, 0.717) is 15.7 Å². The first-order valence-corrected chi connectivity index (χ1v) is 5.86. The average molecular weight is 252 g/mol. The van der Waals surface area contributed by atoms with Crippen LogP contribution in [0.15, 0.2) is 34.5 Å². The van der Waals surface area contributed by atoms with Crippen LogP contribution >= 0.6 is 24.0 Å². The molecule has 82 valence electrons. The van der Waals surface area contributed by atoms with Crippen LogP contribution in [0.1, 0.15) is 5.69 Å². The summed E-state index contributed by atoms with van der Waals surface area (Å²) in [4.78, 5) is 24.6. The molecule has 2 N–H and O–H groups in total. The Morgan fingerprint density at radius 3 is 2.75 bits per heavy atom. The van der Waals surface area contributed by atoms with E-state index in [-0.39, 0.29) is 5.56 Å². The summed E-state index contributed by atoms with van der Waals surface area (Å²) in [5, 5.41) is 0.669. The molecule has 0 saturated heterocycles. The van der Waals surface area contributed by atoms with Gasteiger partial charge in [-0.1, -0.05) is 11.8 Å². The molecule has 0 bridgehead atoms. The van der Waals surface area contributed by atoms with Gasteiger partial charge in [-0.05, 0) is 18.3 Å². The van der Waals surface area contributed by atoms with Crippen LogP contribution in [0.3, 0.4) is 0 Å². The van der Waals surface area contributed by atoms with Gasteiger partial charge in [-0.2, -0.15) is 0 Å². The third kappa shape index (κ3) is 3.01.